The van der Waals surface area contributed by atoms with E-state index in [-0.39, 0.29) is 5.91 Å². The number of benzene rings is 2. The number of para-hydroxylation sites is 1. The van der Waals surface area contributed by atoms with Crippen molar-refractivity contribution in [1.29, 1.82) is 5.26 Å². The molecule has 1 aromatic heterocycles. The molecule has 0 bridgehead atoms. The van der Waals surface area contributed by atoms with Gasteiger partial charge in [-0.1, -0.05) is 30.3 Å². The first kappa shape index (κ1) is 18.7. The maximum atomic E-state index is 12.6. The van der Waals surface area contributed by atoms with Crippen molar-refractivity contribution in [3.8, 4) is 6.07 Å². The van der Waals surface area contributed by atoms with Crippen molar-refractivity contribution < 1.29 is 4.79 Å². The summed E-state index contributed by atoms with van der Waals surface area (Å²) < 4.78 is 1.88. The minimum atomic E-state index is -0.146. The average Bonchev–Trinajstić information content (AvgIpc) is 3.09. The van der Waals surface area contributed by atoms with Crippen LogP contribution in [0, 0.1) is 11.3 Å². The van der Waals surface area contributed by atoms with Crippen LogP contribution >= 0.6 is 11.6 Å². The number of aromatic nitrogens is 2. The number of amides is 1. The highest BCUT2D eigenvalue weighted by Crippen LogP contribution is 2.25. The van der Waals surface area contributed by atoms with E-state index >= 15 is 0 Å². The molecule has 2 aromatic carbocycles. The van der Waals surface area contributed by atoms with E-state index in [4.69, 9.17) is 16.9 Å². The zero-order chi connectivity index (χ0) is 19.4. The number of anilines is 1. The van der Waals surface area contributed by atoms with Crippen molar-refractivity contribution in [3.63, 3.8) is 0 Å². The highest BCUT2D eigenvalue weighted by atomic mass is 35.5. The number of rotatable bonds is 6. The summed E-state index contributed by atoms with van der Waals surface area (Å²) in [7, 11) is 1.70. The Labute approximate surface area is 163 Å². The second-order valence-corrected chi connectivity index (χ2v) is 6.68. The Balaban J connectivity index is 1.60. The number of carbonyl (C=O) groups excluding carboxylic acids is 1. The number of fused-ring (bicyclic) bond motifs is 1. The van der Waals surface area contributed by atoms with Crippen molar-refractivity contribution in [1.82, 2.24) is 9.78 Å². The lowest BCUT2D eigenvalue weighted by atomic mass is 10.1. The molecule has 0 atom stereocenters. The topological polar surface area (TPSA) is 61.9 Å². The highest BCUT2D eigenvalue weighted by Gasteiger charge is 2.16. The number of nitrogens with zero attached hydrogens (tertiary/aromatic N) is 4. The molecule has 0 radical (unpaired) electrons. The zero-order valence-electron chi connectivity index (χ0n) is 15.0. The molecule has 0 unspecified atom stereocenters. The van der Waals surface area contributed by atoms with Crippen molar-refractivity contribution in [2.75, 3.05) is 11.9 Å². The summed E-state index contributed by atoms with van der Waals surface area (Å²) in [6.45, 7) is 4.60. The van der Waals surface area contributed by atoms with Gasteiger partial charge in [-0.3, -0.25) is 9.48 Å². The Kier molecular flexibility index (Phi) is 5.58. The maximum absolute atomic E-state index is 12.6. The summed E-state index contributed by atoms with van der Waals surface area (Å²) in [5.74, 6) is -0.146. The van der Waals surface area contributed by atoms with E-state index in [0.29, 0.717) is 34.8 Å². The summed E-state index contributed by atoms with van der Waals surface area (Å²) in [4.78, 5) is 14.1. The van der Waals surface area contributed by atoms with E-state index in [2.05, 4.69) is 17.7 Å². The van der Waals surface area contributed by atoms with Crippen LogP contribution in [0.1, 0.15) is 18.4 Å². The van der Waals surface area contributed by atoms with E-state index in [9.17, 15) is 4.79 Å². The van der Waals surface area contributed by atoms with E-state index < -0.39 is 0 Å². The summed E-state index contributed by atoms with van der Waals surface area (Å²) in [6, 6.07) is 14.8. The first-order valence-electron chi connectivity index (χ1n) is 8.57. The van der Waals surface area contributed by atoms with Crippen LogP contribution in [0.3, 0.4) is 0 Å². The molecular weight excluding hydrogens is 360 g/mol. The van der Waals surface area contributed by atoms with Crippen LogP contribution in [-0.4, -0.2) is 22.7 Å². The summed E-state index contributed by atoms with van der Waals surface area (Å²) in [6.07, 6.45) is 3.05. The molecule has 3 rings (SSSR count). The Morgan fingerprint density at radius 1 is 1.33 bits per heavy atom. The Bertz CT molecular complexity index is 1050. The van der Waals surface area contributed by atoms with Crippen molar-refractivity contribution >= 4 is 34.1 Å². The molecule has 0 aliphatic heterocycles. The predicted molar refractivity (Wildman–Crippen MR) is 108 cm³/mol. The third kappa shape index (κ3) is 4.02. The van der Waals surface area contributed by atoms with Crippen molar-refractivity contribution in [2.24, 2.45) is 0 Å². The number of hydrogen-bond donors (Lipinski definition) is 0. The number of likely N-dealkylation sites (N-methyl/N-ethyl adjacent to an activating group) is 1. The number of aryl methyl sites for hydroxylation is 1. The van der Waals surface area contributed by atoms with Gasteiger partial charge >= 0.3 is 0 Å². The number of carbonyl (C=O) groups is 1. The Morgan fingerprint density at radius 3 is 2.85 bits per heavy atom. The van der Waals surface area contributed by atoms with Gasteiger partial charge in [-0.2, -0.15) is 10.4 Å². The first-order valence-corrected chi connectivity index (χ1v) is 8.95. The molecule has 27 heavy (non-hydrogen) atoms. The van der Waals surface area contributed by atoms with Gasteiger partial charge in [0.1, 0.15) is 0 Å². The molecule has 0 aliphatic carbocycles. The van der Waals surface area contributed by atoms with Gasteiger partial charge in [-0.25, -0.2) is 0 Å². The van der Waals surface area contributed by atoms with E-state index in [1.165, 1.54) is 4.90 Å². The number of nitriles is 1. The van der Waals surface area contributed by atoms with Crippen LogP contribution in [0.25, 0.3) is 10.9 Å². The van der Waals surface area contributed by atoms with Gasteiger partial charge in [0.2, 0.25) is 0 Å². The minimum absolute atomic E-state index is 0.146. The van der Waals surface area contributed by atoms with Crippen LogP contribution in [0.4, 0.5) is 5.69 Å². The van der Waals surface area contributed by atoms with Crippen LogP contribution in [0.15, 0.2) is 60.8 Å². The third-order valence-corrected chi connectivity index (χ3v) is 4.76. The molecule has 1 heterocycles. The van der Waals surface area contributed by atoms with Gasteiger partial charge in [0.05, 0.1) is 34.1 Å². The second-order valence-electron chi connectivity index (χ2n) is 6.28. The molecule has 5 nitrogen and oxygen atoms in total. The van der Waals surface area contributed by atoms with E-state index in [1.54, 1.807) is 31.4 Å². The Morgan fingerprint density at radius 2 is 2.11 bits per heavy atom. The van der Waals surface area contributed by atoms with Gasteiger partial charge in [0.25, 0.3) is 5.91 Å². The average molecular weight is 379 g/mol. The van der Waals surface area contributed by atoms with Gasteiger partial charge in [0, 0.05) is 24.6 Å². The van der Waals surface area contributed by atoms with Crippen LogP contribution in [0.2, 0.25) is 5.02 Å². The quantitative estimate of drug-likeness (QED) is 0.590. The van der Waals surface area contributed by atoms with Gasteiger partial charge < -0.3 is 4.90 Å². The molecule has 136 valence electrons. The van der Waals surface area contributed by atoms with Crippen molar-refractivity contribution in [2.45, 2.75) is 19.4 Å². The predicted octanol–water partition coefficient (Wildman–Crippen LogP) is 4.56. The SMILES string of the molecule is C=C(CCCn1ncc2cc(C#N)ccc21)C(=O)N(C)c1ccccc1Cl. The molecule has 1 amide bonds. The summed E-state index contributed by atoms with van der Waals surface area (Å²) in [5, 5.41) is 14.8. The molecule has 0 fully saturated rings. The molecule has 0 aliphatic rings. The lowest BCUT2D eigenvalue weighted by Crippen LogP contribution is -2.27. The third-order valence-electron chi connectivity index (χ3n) is 4.44. The lowest BCUT2D eigenvalue weighted by Gasteiger charge is -2.19. The molecule has 0 N–H and O–H groups in total. The fourth-order valence-electron chi connectivity index (χ4n) is 2.95. The van der Waals surface area contributed by atoms with Gasteiger partial charge in [-0.15, -0.1) is 0 Å². The van der Waals surface area contributed by atoms with Crippen LogP contribution < -0.4 is 4.90 Å². The minimum Gasteiger partial charge on any atom is -0.310 e. The first-order chi connectivity index (χ1) is 13.0. The zero-order valence-corrected chi connectivity index (χ0v) is 15.8. The largest absolute Gasteiger partial charge is 0.310 e. The maximum Gasteiger partial charge on any atom is 0.253 e. The fraction of sp³-hybridized carbons (Fsp3) is 0.190. The van der Waals surface area contributed by atoms with Crippen LogP contribution in [0.5, 0.6) is 0 Å². The van der Waals surface area contributed by atoms with Crippen molar-refractivity contribution in [3.05, 3.63) is 71.4 Å². The van der Waals surface area contributed by atoms with Crippen LogP contribution in [-0.2, 0) is 11.3 Å². The molecule has 0 saturated carbocycles. The number of halogens is 1. The lowest BCUT2D eigenvalue weighted by molar-refractivity contribution is -0.115. The van der Waals surface area contributed by atoms with E-state index in [0.717, 1.165) is 17.3 Å². The summed E-state index contributed by atoms with van der Waals surface area (Å²) in [5.41, 5.74) is 2.78. The van der Waals surface area contributed by atoms with Gasteiger partial charge in [-0.05, 0) is 43.2 Å². The monoisotopic (exact) mass is 378 g/mol. The molecule has 0 saturated heterocycles. The number of hydrogen-bond acceptors (Lipinski definition) is 3. The van der Waals surface area contributed by atoms with E-state index in [1.807, 2.05) is 28.9 Å². The molecular formula is C21H19ClN4O. The standard InChI is InChI=1S/C21H19ClN4O/c1-15(21(27)25(2)20-8-4-3-7-18(20)22)6-5-11-26-19-10-9-16(13-23)12-17(19)14-24-26/h3-4,7-10,12,14H,1,5-6,11H2,2H3. The Hall–Kier alpha value is -3.10. The molecule has 3 aromatic rings. The smallest absolute Gasteiger partial charge is 0.253 e. The summed E-state index contributed by atoms with van der Waals surface area (Å²) >= 11 is 6.16. The van der Waals surface area contributed by atoms with Gasteiger partial charge in [0.15, 0.2) is 0 Å². The molecule has 0 spiro atoms. The second kappa shape index (κ2) is 8.07. The molecule has 6 heteroatoms. The highest BCUT2D eigenvalue weighted by molar-refractivity contribution is 6.34. The normalized spacial score (nSPS) is 10.6. The fourth-order valence-corrected chi connectivity index (χ4v) is 3.22.